The number of ether oxygens (including phenoxy) is 1. The van der Waals surface area contributed by atoms with Gasteiger partial charge >= 0.3 is 0 Å². The van der Waals surface area contributed by atoms with Crippen LogP contribution >= 0.6 is 24.0 Å². The van der Waals surface area contributed by atoms with Gasteiger partial charge in [-0.25, -0.2) is 0 Å². The number of nitrogens with zero attached hydrogens (tertiary/aromatic N) is 2. The Hall–Kier alpha value is -1.67. The Kier molecular flexibility index (Phi) is 6.78. The summed E-state index contributed by atoms with van der Waals surface area (Å²) in [6.07, 6.45) is 1.50. The number of aromatic nitrogens is 2. The van der Waals surface area contributed by atoms with E-state index >= 15 is 0 Å². The van der Waals surface area contributed by atoms with Gasteiger partial charge in [-0.1, -0.05) is 16.8 Å². The number of halogens is 2. The molecule has 1 aromatic heterocycles. The van der Waals surface area contributed by atoms with E-state index in [1.807, 2.05) is 12.1 Å². The SMILES string of the molecule is Cl.NC1(C(=O)NCCc2nc(-c3ccc(Cl)cc3)no2)CCOCC1. The molecule has 2 heterocycles. The fourth-order valence-electron chi connectivity index (χ4n) is 2.49. The second-order valence-electron chi connectivity index (χ2n) is 5.79. The Morgan fingerprint density at radius 1 is 1.28 bits per heavy atom. The van der Waals surface area contributed by atoms with Gasteiger partial charge < -0.3 is 20.3 Å². The van der Waals surface area contributed by atoms with Crippen molar-refractivity contribution in [3.63, 3.8) is 0 Å². The molecule has 7 nitrogen and oxygen atoms in total. The molecule has 25 heavy (non-hydrogen) atoms. The Labute approximate surface area is 156 Å². The van der Waals surface area contributed by atoms with Crippen molar-refractivity contribution in [1.82, 2.24) is 15.5 Å². The zero-order valence-corrected chi connectivity index (χ0v) is 15.1. The number of nitrogens with two attached hydrogens (primary N) is 1. The summed E-state index contributed by atoms with van der Waals surface area (Å²) in [5.74, 6) is 0.786. The highest BCUT2D eigenvalue weighted by molar-refractivity contribution is 6.30. The third-order valence-corrected chi connectivity index (χ3v) is 4.28. The molecule has 1 saturated heterocycles. The van der Waals surface area contributed by atoms with E-state index < -0.39 is 5.54 Å². The van der Waals surface area contributed by atoms with Gasteiger partial charge in [0.1, 0.15) is 0 Å². The van der Waals surface area contributed by atoms with Gasteiger partial charge in [-0.15, -0.1) is 12.4 Å². The molecule has 0 spiro atoms. The van der Waals surface area contributed by atoms with E-state index in [1.54, 1.807) is 12.1 Å². The van der Waals surface area contributed by atoms with E-state index in [9.17, 15) is 4.79 Å². The topological polar surface area (TPSA) is 103 Å². The minimum absolute atomic E-state index is 0. The minimum Gasteiger partial charge on any atom is -0.381 e. The summed E-state index contributed by atoms with van der Waals surface area (Å²) in [5.41, 5.74) is 6.10. The normalized spacial score (nSPS) is 16.1. The van der Waals surface area contributed by atoms with Gasteiger partial charge in [-0.2, -0.15) is 4.98 Å². The second-order valence-corrected chi connectivity index (χ2v) is 6.23. The molecule has 1 amide bonds. The van der Waals surface area contributed by atoms with E-state index in [4.69, 9.17) is 26.6 Å². The number of nitrogens with one attached hydrogen (secondary N) is 1. The van der Waals surface area contributed by atoms with Crippen LogP contribution in [0.25, 0.3) is 11.4 Å². The van der Waals surface area contributed by atoms with Crippen LogP contribution in [0.4, 0.5) is 0 Å². The zero-order valence-electron chi connectivity index (χ0n) is 13.5. The van der Waals surface area contributed by atoms with Crippen molar-refractivity contribution in [3.8, 4) is 11.4 Å². The summed E-state index contributed by atoms with van der Waals surface area (Å²) in [7, 11) is 0. The molecule has 0 radical (unpaired) electrons. The van der Waals surface area contributed by atoms with Crippen molar-refractivity contribution in [2.75, 3.05) is 19.8 Å². The molecule has 1 aromatic carbocycles. The van der Waals surface area contributed by atoms with Crippen molar-refractivity contribution in [2.24, 2.45) is 5.73 Å². The van der Waals surface area contributed by atoms with Crippen molar-refractivity contribution in [1.29, 1.82) is 0 Å². The van der Waals surface area contributed by atoms with Crippen molar-refractivity contribution >= 4 is 29.9 Å². The summed E-state index contributed by atoms with van der Waals surface area (Å²) in [6.45, 7) is 1.41. The summed E-state index contributed by atoms with van der Waals surface area (Å²) in [6, 6.07) is 7.17. The fraction of sp³-hybridized carbons (Fsp3) is 0.438. The molecule has 2 aromatic rings. The molecule has 0 aliphatic carbocycles. The van der Waals surface area contributed by atoms with Crippen LogP contribution in [-0.2, 0) is 16.0 Å². The molecule has 3 rings (SSSR count). The summed E-state index contributed by atoms with van der Waals surface area (Å²) < 4.78 is 10.4. The number of carbonyl (C=O) groups is 1. The maximum Gasteiger partial charge on any atom is 0.240 e. The minimum atomic E-state index is -0.846. The van der Waals surface area contributed by atoms with E-state index in [-0.39, 0.29) is 18.3 Å². The van der Waals surface area contributed by atoms with Gasteiger partial charge in [0, 0.05) is 36.8 Å². The highest BCUT2D eigenvalue weighted by Gasteiger charge is 2.35. The van der Waals surface area contributed by atoms with Crippen LogP contribution in [0.2, 0.25) is 5.02 Å². The summed E-state index contributed by atoms with van der Waals surface area (Å²) >= 11 is 5.86. The highest BCUT2D eigenvalue weighted by Crippen LogP contribution is 2.19. The lowest BCUT2D eigenvalue weighted by atomic mass is 9.90. The molecular formula is C16H20Cl2N4O3. The molecule has 1 aliphatic rings. The third kappa shape index (κ3) is 4.92. The molecule has 136 valence electrons. The largest absolute Gasteiger partial charge is 0.381 e. The first-order valence-corrected chi connectivity index (χ1v) is 8.18. The number of carbonyl (C=O) groups excluding carboxylic acids is 1. The number of benzene rings is 1. The molecular weight excluding hydrogens is 367 g/mol. The maximum absolute atomic E-state index is 12.2. The number of hydrogen-bond donors (Lipinski definition) is 2. The fourth-order valence-corrected chi connectivity index (χ4v) is 2.62. The molecule has 1 fully saturated rings. The number of hydrogen-bond acceptors (Lipinski definition) is 6. The van der Waals surface area contributed by atoms with Crippen LogP contribution in [0, 0.1) is 0 Å². The first-order valence-electron chi connectivity index (χ1n) is 7.80. The lowest BCUT2D eigenvalue weighted by Gasteiger charge is -2.31. The Balaban J connectivity index is 0.00000225. The van der Waals surface area contributed by atoms with Gasteiger partial charge in [-0.05, 0) is 37.1 Å². The average Bonchev–Trinajstić information content (AvgIpc) is 3.05. The van der Waals surface area contributed by atoms with Crippen LogP contribution in [-0.4, -0.2) is 41.3 Å². The molecule has 0 unspecified atom stereocenters. The zero-order chi connectivity index (χ0) is 17.0. The highest BCUT2D eigenvalue weighted by atomic mass is 35.5. The van der Waals surface area contributed by atoms with E-state index in [0.29, 0.717) is 55.8 Å². The van der Waals surface area contributed by atoms with Gasteiger partial charge in [0.25, 0.3) is 0 Å². The maximum atomic E-state index is 12.2. The molecule has 0 bridgehead atoms. The lowest BCUT2D eigenvalue weighted by molar-refractivity contribution is -0.129. The standard InChI is InChI=1S/C16H19ClN4O3.ClH/c17-12-3-1-11(2-4-12)14-20-13(24-21-14)5-8-19-15(22)16(18)6-9-23-10-7-16;/h1-4H,5-10,18H2,(H,19,22);1H. The number of rotatable bonds is 5. The van der Waals surface area contributed by atoms with Gasteiger partial charge in [0.15, 0.2) is 0 Å². The van der Waals surface area contributed by atoms with Gasteiger partial charge in [-0.3, -0.25) is 4.79 Å². The monoisotopic (exact) mass is 386 g/mol. The van der Waals surface area contributed by atoms with Crippen molar-refractivity contribution in [2.45, 2.75) is 24.8 Å². The third-order valence-electron chi connectivity index (χ3n) is 4.03. The van der Waals surface area contributed by atoms with Crippen LogP contribution in [0.15, 0.2) is 28.8 Å². The Bertz CT molecular complexity index is 700. The van der Waals surface area contributed by atoms with Crippen molar-refractivity contribution < 1.29 is 14.1 Å². The molecule has 1 aliphatic heterocycles. The van der Waals surface area contributed by atoms with Crippen LogP contribution < -0.4 is 11.1 Å². The predicted molar refractivity (Wildman–Crippen MR) is 95.7 cm³/mol. The first kappa shape index (κ1) is 19.7. The molecule has 0 atom stereocenters. The first-order chi connectivity index (χ1) is 11.6. The summed E-state index contributed by atoms with van der Waals surface area (Å²) in [4.78, 5) is 16.5. The van der Waals surface area contributed by atoms with E-state index in [0.717, 1.165) is 5.56 Å². The van der Waals surface area contributed by atoms with E-state index in [2.05, 4.69) is 15.5 Å². The van der Waals surface area contributed by atoms with Gasteiger partial charge in [0.05, 0.1) is 5.54 Å². The smallest absolute Gasteiger partial charge is 0.240 e. The van der Waals surface area contributed by atoms with Crippen molar-refractivity contribution in [3.05, 3.63) is 35.2 Å². The number of amides is 1. The van der Waals surface area contributed by atoms with Gasteiger partial charge in [0.2, 0.25) is 17.6 Å². The average molecular weight is 387 g/mol. The second kappa shape index (κ2) is 8.62. The summed E-state index contributed by atoms with van der Waals surface area (Å²) in [5, 5.41) is 7.41. The Morgan fingerprint density at radius 2 is 1.96 bits per heavy atom. The Morgan fingerprint density at radius 3 is 2.64 bits per heavy atom. The molecule has 9 heteroatoms. The predicted octanol–water partition coefficient (Wildman–Crippen LogP) is 1.98. The van der Waals surface area contributed by atoms with E-state index in [1.165, 1.54) is 0 Å². The van der Waals surface area contributed by atoms with Crippen LogP contribution in [0.1, 0.15) is 18.7 Å². The van der Waals surface area contributed by atoms with Crippen LogP contribution in [0.3, 0.4) is 0 Å². The quantitative estimate of drug-likeness (QED) is 0.813. The molecule has 0 saturated carbocycles. The molecule has 3 N–H and O–H groups in total. The van der Waals surface area contributed by atoms with Crippen LogP contribution in [0.5, 0.6) is 0 Å². The lowest BCUT2D eigenvalue weighted by Crippen LogP contribution is -2.57.